The van der Waals surface area contributed by atoms with Gasteiger partial charge in [-0.15, -0.1) is 0 Å². The molecule has 0 spiro atoms. The van der Waals surface area contributed by atoms with Crippen LogP contribution in [0.5, 0.6) is 0 Å². The number of primary amides is 1. The van der Waals surface area contributed by atoms with Gasteiger partial charge in [0.1, 0.15) is 5.11 Å². The third-order valence-electron chi connectivity index (χ3n) is 0.220. The minimum absolute atomic E-state index is 1.02. The fourth-order valence-electron chi connectivity index (χ4n) is 0.0804. The lowest BCUT2D eigenvalue weighted by Gasteiger charge is -1.57. The van der Waals surface area contributed by atoms with E-state index in [1.54, 1.807) is 0 Å². The summed E-state index contributed by atoms with van der Waals surface area (Å²) >= 11 is 0. The third kappa shape index (κ3) is 4.38. The molecule has 0 fully saturated rings. The van der Waals surface area contributed by atoms with Crippen molar-refractivity contribution in [2.45, 2.75) is 0 Å². The van der Waals surface area contributed by atoms with Crippen LogP contribution < -0.4 is 10.6 Å². The molecule has 0 saturated carbocycles. The maximum absolute atomic E-state index is 9.63. The van der Waals surface area contributed by atoms with Gasteiger partial charge in [0.05, 0.1) is 4.91 Å². The minimum atomic E-state index is -1.02. The van der Waals surface area contributed by atoms with Crippen LogP contribution in [-0.4, -0.2) is 6.03 Å². The maximum atomic E-state index is 9.63. The fraction of sp³-hybridized carbons (Fsp3) is 0. The lowest BCUT2D eigenvalue weighted by atomic mass is 11.2. The lowest BCUT2D eigenvalue weighted by Crippen LogP contribution is -2.02. The van der Waals surface area contributed by atoms with E-state index in [0.717, 1.165) is 0 Å². The second-order valence-corrected chi connectivity index (χ2v) is 0.699. The zero-order chi connectivity index (χ0) is 6.41. The molecule has 0 bridgehead atoms. The van der Waals surface area contributed by atoms with E-state index in [9.17, 15) is 4.79 Å². The monoisotopic (exact) mass is 116 g/mol. The molecular weight excluding hydrogens is 114 g/mol. The van der Waals surface area contributed by atoms with Gasteiger partial charge < -0.3 is 5.73 Å². The van der Waals surface area contributed by atoms with Gasteiger partial charge in [-0.2, -0.15) is 0 Å². The molecule has 0 rings (SSSR count). The Kier molecular flexibility index (Phi) is 2.84. The SMILES string of the molecule is NC(=O)N=[N+]=NN=O. The highest BCUT2D eigenvalue weighted by molar-refractivity contribution is 5.71. The molecule has 0 aromatic rings. The molecule has 7 nitrogen and oxygen atoms in total. The van der Waals surface area contributed by atoms with Crippen molar-refractivity contribution in [2.75, 3.05) is 0 Å². The topological polar surface area (TPSA) is 111 Å². The summed E-state index contributed by atoms with van der Waals surface area (Å²) in [6.45, 7) is 0. The molecule has 0 unspecified atom stereocenters. The van der Waals surface area contributed by atoms with Crippen molar-refractivity contribution in [1.82, 2.24) is 4.91 Å². The van der Waals surface area contributed by atoms with Gasteiger partial charge in [-0.3, -0.25) is 0 Å². The predicted molar refractivity (Wildman–Crippen MR) is 22.4 cm³/mol. The summed E-state index contributed by atoms with van der Waals surface area (Å²) in [4.78, 5) is 21.3. The highest BCUT2D eigenvalue weighted by Gasteiger charge is 1.86. The van der Waals surface area contributed by atoms with Crippen LogP contribution in [0.15, 0.2) is 15.6 Å². The van der Waals surface area contributed by atoms with Crippen LogP contribution in [-0.2, 0) is 0 Å². The molecule has 0 aromatic heterocycles. The fourth-order valence-corrected chi connectivity index (χ4v) is 0.0804. The van der Waals surface area contributed by atoms with Gasteiger partial charge in [0, 0.05) is 4.91 Å². The summed E-state index contributed by atoms with van der Waals surface area (Å²) in [5.74, 6) is 0. The van der Waals surface area contributed by atoms with Gasteiger partial charge in [0.15, 0.2) is 0 Å². The molecule has 42 valence electrons. The van der Waals surface area contributed by atoms with Crippen LogP contribution in [0.1, 0.15) is 0 Å². The number of nitrogens with zero attached hydrogens (tertiary/aromatic N) is 4. The molecule has 0 aliphatic carbocycles. The summed E-state index contributed by atoms with van der Waals surface area (Å²) < 4.78 is 0. The normalized spacial score (nSPS) is 6.50. The van der Waals surface area contributed by atoms with E-state index in [-0.39, 0.29) is 0 Å². The predicted octanol–water partition coefficient (Wildman–Crippen LogP) is -0.282. The van der Waals surface area contributed by atoms with Crippen LogP contribution in [0.4, 0.5) is 4.79 Å². The first-order valence-corrected chi connectivity index (χ1v) is 1.50. The quantitative estimate of drug-likeness (QED) is 0.220. The highest BCUT2D eigenvalue weighted by atomic mass is 16.3. The Balaban J connectivity index is 3.82. The van der Waals surface area contributed by atoms with Crippen molar-refractivity contribution in [3.63, 3.8) is 0 Å². The first-order chi connectivity index (χ1) is 3.77. The van der Waals surface area contributed by atoms with Crippen LogP contribution in [0, 0.1) is 4.91 Å². The number of urea groups is 1. The molecule has 0 aliphatic rings. The van der Waals surface area contributed by atoms with E-state index >= 15 is 0 Å². The maximum Gasteiger partial charge on any atom is 0.394 e. The first-order valence-electron chi connectivity index (χ1n) is 1.50. The van der Waals surface area contributed by atoms with Crippen molar-refractivity contribution in [1.29, 1.82) is 0 Å². The number of carbonyl (C=O) groups is 1. The average molecular weight is 116 g/mol. The summed E-state index contributed by atoms with van der Waals surface area (Å²) in [5, 5.41) is 6.97. The van der Waals surface area contributed by atoms with E-state index in [2.05, 4.69) is 21.0 Å². The summed E-state index contributed by atoms with van der Waals surface area (Å²) in [7, 11) is 0. The number of hydrogen-bond donors (Lipinski definition) is 1. The molecular formula is CH2N5O2+. The van der Waals surface area contributed by atoms with E-state index < -0.39 is 6.03 Å². The zero-order valence-electron chi connectivity index (χ0n) is 3.68. The number of carbonyl (C=O) groups excluding carboxylic acids is 1. The van der Waals surface area contributed by atoms with Gasteiger partial charge in [-0.25, -0.2) is 4.79 Å². The number of amides is 2. The number of rotatable bonds is 1. The van der Waals surface area contributed by atoms with Crippen LogP contribution in [0.2, 0.25) is 0 Å². The molecule has 0 heterocycles. The van der Waals surface area contributed by atoms with Gasteiger partial charge in [0.25, 0.3) is 0 Å². The molecule has 0 atom stereocenters. The van der Waals surface area contributed by atoms with Gasteiger partial charge in [-0.05, 0) is 0 Å². The molecule has 2 N–H and O–H groups in total. The van der Waals surface area contributed by atoms with Gasteiger partial charge >= 0.3 is 16.5 Å². The standard InChI is InChI=1S/CHN5O2/c2-1(7)3-4-5-6-8/h(H-,2,7)/p+1. The molecule has 0 aromatic carbocycles. The van der Waals surface area contributed by atoms with Crippen molar-refractivity contribution in [3.05, 3.63) is 4.91 Å². The van der Waals surface area contributed by atoms with Crippen LogP contribution in [0.25, 0.3) is 0 Å². The van der Waals surface area contributed by atoms with Crippen LogP contribution in [0.3, 0.4) is 0 Å². The second kappa shape index (κ2) is 3.57. The van der Waals surface area contributed by atoms with Crippen molar-refractivity contribution >= 4 is 6.03 Å². The Morgan fingerprint density at radius 2 is 2.25 bits per heavy atom. The number of hydrogen-bond acceptors (Lipinski definition) is 2. The number of nitrogens with two attached hydrogens (primary N) is 1. The Bertz CT molecular complexity index is 154. The second-order valence-electron chi connectivity index (χ2n) is 0.699. The molecule has 2 amide bonds. The van der Waals surface area contributed by atoms with Gasteiger partial charge in [0.2, 0.25) is 0 Å². The van der Waals surface area contributed by atoms with E-state index in [1.807, 2.05) is 5.29 Å². The van der Waals surface area contributed by atoms with E-state index in [4.69, 9.17) is 4.91 Å². The average Bonchev–Trinajstić information content (AvgIpc) is 1.66. The van der Waals surface area contributed by atoms with E-state index in [0.29, 0.717) is 0 Å². The smallest absolute Gasteiger partial charge is 0.346 e. The summed E-state index contributed by atoms with van der Waals surface area (Å²) in [6, 6.07) is -1.02. The third-order valence-corrected chi connectivity index (χ3v) is 0.220. The lowest BCUT2D eigenvalue weighted by molar-refractivity contribution is 0.255. The molecule has 0 saturated heterocycles. The molecule has 8 heavy (non-hydrogen) atoms. The molecule has 7 heteroatoms. The summed E-state index contributed by atoms with van der Waals surface area (Å²) in [5.41, 5.74) is 4.43. The van der Waals surface area contributed by atoms with Crippen molar-refractivity contribution in [2.24, 2.45) is 21.4 Å². The van der Waals surface area contributed by atoms with E-state index in [1.165, 1.54) is 0 Å². The number of nitroso groups, excluding NO2 is 1. The minimum Gasteiger partial charge on any atom is -0.346 e. The Labute approximate surface area is 43.2 Å². The molecule has 0 aliphatic heterocycles. The largest absolute Gasteiger partial charge is 0.394 e. The Morgan fingerprint density at radius 3 is 2.62 bits per heavy atom. The van der Waals surface area contributed by atoms with Gasteiger partial charge in [-0.1, -0.05) is 0 Å². The Hall–Kier alpha value is -1.62. The summed E-state index contributed by atoms with van der Waals surface area (Å²) in [6.07, 6.45) is 0. The zero-order valence-corrected chi connectivity index (χ0v) is 3.68. The molecule has 0 radical (unpaired) electrons. The first kappa shape index (κ1) is 6.38. The highest BCUT2D eigenvalue weighted by Crippen LogP contribution is 1.60. The van der Waals surface area contributed by atoms with Crippen LogP contribution >= 0.6 is 0 Å². The van der Waals surface area contributed by atoms with Crippen molar-refractivity contribution in [3.8, 4) is 0 Å². The Morgan fingerprint density at radius 1 is 1.62 bits per heavy atom. The van der Waals surface area contributed by atoms with Crippen molar-refractivity contribution < 1.29 is 4.79 Å².